The van der Waals surface area contributed by atoms with Crippen molar-refractivity contribution in [2.45, 2.75) is 6.54 Å². The minimum Gasteiger partial charge on any atom is -0.326 e. The third-order valence-electron chi connectivity index (χ3n) is 2.14. The molecule has 2 N–H and O–H groups in total. The maximum absolute atomic E-state index is 5.56. The molecule has 2 heteroatoms. The molecule has 1 aromatic carbocycles. The third-order valence-corrected chi connectivity index (χ3v) is 2.14. The molecule has 0 amide bonds. The Morgan fingerprint density at radius 2 is 1.79 bits per heavy atom. The van der Waals surface area contributed by atoms with Crippen LogP contribution in [-0.4, -0.2) is 4.98 Å². The van der Waals surface area contributed by atoms with Crippen LogP contribution in [0, 0.1) is 0 Å². The number of hydrogen-bond acceptors (Lipinski definition) is 2. The summed E-state index contributed by atoms with van der Waals surface area (Å²) in [5.74, 6) is 0. The summed E-state index contributed by atoms with van der Waals surface area (Å²) in [7, 11) is 0. The van der Waals surface area contributed by atoms with Crippen LogP contribution in [0.4, 0.5) is 0 Å². The molecule has 0 aliphatic carbocycles. The van der Waals surface area contributed by atoms with Gasteiger partial charge in [0.25, 0.3) is 0 Å². The standard InChI is InChI=1S/C12H12N2/c13-7-10-6-12(9-14-8-10)11-4-2-1-3-5-11/h1-6,8-9H,7,13H2. The summed E-state index contributed by atoms with van der Waals surface area (Å²) in [6.45, 7) is 0.535. The summed E-state index contributed by atoms with van der Waals surface area (Å²) in [5, 5.41) is 0. The highest BCUT2D eigenvalue weighted by Gasteiger charge is 1.97. The van der Waals surface area contributed by atoms with Gasteiger partial charge in [-0.15, -0.1) is 0 Å². The predicted octanol–water partition coefficient (Wildman–Crippen LogP) is 2.21. The maximum Gasteiger partial charge on any atom is 0.0346 e. The van der Waals surface area contributed by atoms with E-state index in [-0.39, 0.29) is 0 Å². The Hall–Kier alpha value is -1.67. The molecule has 0 aliphatic heterocycles. The van der Waals surface area contributed by atoms with Gasteiger partial charge in [-0.3, -0.25) is 4.98 Å². The zero-order valence-electron chi connectivity index (χ0n) is 7.85. The van der Waals surface area contributed by atoms with Crippen molar-refractivity contribution in [1.82, 2.24) is 4.98 Å². The molecule has 0 saturated heterocycles. The van der Waals surface area contributed by atoms with Crippen LogP contribution < -0.4 is 5.73 Å². The Balaban J connectivity index is 2.42. The van der Waals surface area contributed by atoms with Gasteiger partial charge in [-0.2, -0.15) is 0 Å². The van der Waals surface area contributed by atoms with Gasteiger partial charge in [0.05, 0.1) is 0 Å². The van der Waals surface area contributed by atoms with E-state index >= 15 is 0 Å². The van der Waals surface area contributed by atoms with E-state index in [0.717, 1.165) is 11.1 Å². The van der Waals surface area contributed by atoms with Gasteiger partial charge >= 0.3 is 0 Å². The highest BCUT2D eigenvalue weighted by atomic mass is 14.6. The van der Waals surface area contributed by atoms with Gasteiger partial charge in [-0.05, 0) is 17.2 Å². The summed E-state index contributed by atoms with van der Waals surface area (Å²) in [5.41, 5.74) is 8.91. The number of nitrogens with zero attached hydrogens (tertiary/aromatic N) is 1. The summed E-state index contributed by atoms with van der Waals surface area (Å²) >= 11 is 0. The normalized spacial score (nSPS) is 10.1. The zero-order valence-corrected chi connectivity index (χ0v) is 7.85. The van der Waals surface area contributed by atoms with Crippen molar-refractivity contribution in [2.75, 3.05) is 0 Å². The lowest BCUT2D eigenvalue weighted by Gasteiger charge is -2.02. The second-order valence-corrected chi connectivity index (χ2v) is 3.15. The first-order valence-electron chi connectivity index (χ1n) is 4.59. The van der Waals surface area contributed by atoms with E-state index < -0.39 is 0 Å². The molecule has 2 aromatic rings. The van der Waals surface area contributed by atoms with Gasteiger partial charge in [0.15, 0.2) is 0 Å². The molecule has 14 heavy (non-hydrogen) atoms. The molecule has 0 fully saturated rings. The van der Waals surface area contributed by atoms with Gasteiger partial charge in [0.1, 0.15) is 0 Å². The minimum absolute atomic E-state index is 0.535. The highest BCUT2D eigenvalue weighted by Crippen LogP contribution is 2.18. The van der Waals surface area contributed by atoms with Crippen molar-refractivity contribution in [2.24, 2.45) is 5.73 Å². The zero-order chi connectivity index (χ0) is 9.80. The molecule has 2 rings (SSSR count). The lowest BCUT2D eigenvalue weighted by atomic mass is 10.1. The van der Waals surface area contributed by atoms with Crippen molar-refractivity contribution in [3.63, 3.8) is 0 Å². The summed E-state index contributed by atoms with van der Waals surface area (Å²) in [6, 6.07) is 12.2. The quantitative estimate of drug-likeness (QED) is 0.777. The van der Waals surface area contributed by atoms with Crippen molar-refractivity contribution >= 4 is 0 Å². The summed E-state index contributed by atoms with van der Waals surface area (Å²) < 4.78 is 0. The molecule has 0 radical (unpaired) electrons. The van der Waals surface area contributed by atoms with Crippen LogP contribution >= 0.6 is 0 Å². The van der Waals surface area contributed by atoms with Crippen LogP contribution in [0.15, 0.2) is 48.8 Å². The first kappa shape index (κ1) is 8.91. The Bertz CT molecular complexity index is 410. The smallest absolute Gasteiger partial charge is 0.0346 e. The SMILES string of the molecule is NCc1cncc(-c2ccccc2)c1. The second kappa shape index (κ2) is 4.03. The monoisotopic (exact) mass is 184 g/mol. The molecule has 0 atom stereocenters. The van der Waals surface area contributed by atoms with E-state index in [2.05, 4.69) is 23.2 Å². The molecule has 0 aliphatic rings. The van der Waals surface area contributed by atoms with Gasteiger partial charge in [-0.25, -0.2) is 0 Å². The van der Waals surface area contributed by atoms with Crippen LogP contribution in [0.1, 0.15) is 5.56 Å². The van der Waals surface area contributed by atoms with Gasteiger partial charge in [0, 0.05) is 24.5 Å². The van der Waals surface area contributed by atoms with E-state index in [1.165, 1.54) is 5.56 Å². The van der Waals surface area contributed by atoms with E-state index in [1.54, 1.807) is 6.20 Å². The molecular formula is C12H12N2. The largest absolute Gasteiger partial charge is 0.326 e. The maximum atomic E-state index is 5.56. The van der Waals surface area contributed by atoms with Crippen LogP contribution in [-0.2, 0) is 6.54 Å². The summed E-state index contributed by atoms with van der Waals surface area (Å²) in [6.07, 6.45) is 3.65. The fraction of sp³-hybridized carbons (Fsp3) is 0.0833. The van der Waals surface area contributed by atoms with E-state index in [9.17, 15) is 0 Å². The fourth-order valence-corrected chi connectivity index (χ4v) is 1.39. The van der Waals surface area contributed by atoms with Gasteiger partial charge in [-0.1, -0.05) is 30.3 Å². The number of aromatic nitrogens is 1. The number of pyridine rings is 1. The second-order valence-electron chi connectivity index (χ2n) is 3.15. The molecule has 1 aromatic heterocycles. The number of hydrogen-bond donors (Lipinski definition) is 1. The highest BCUT2D eigenvalue weighted by molar-refractivity contribution is 5.62. The lowest BCUT2D eigenvalue weighted by Crippen LogP contribution is -1.96. The molecule has 70 valence electrons. The third kappa shape index (κ3) is 1.80. The van der Waals surface area contributed by atoms with Crippen molar-refractivity contribution in [3.8, 4) is 11.1 Å². The first-order chi connectivity index (χ1) is 6.90. The Labute approximate surface area is 83.4 Å². The molecule has 1 heterocycles. The van der Waals surface area contributed by atoms with Gasteiger partial charge < -0.3 is 5.73 Å². The van der Waals surface area contributed by atoms with Crippen LogP contribution in [0.2, 0.25) is 0 Å². The Morgan fingerprint density at radius 1 is 1.00 bits per heavy atom. The molecule has 0 bridgehead atoms. The van der Waals surface area contributed by atoms with Gasteiger partial charge in [0.2, 0.25) is 0 Å². The number of rotatable bonds is 2. The molecule has 0 saturated carbocycles. The Kier molecular flexibility index (Phi) is 2.56. The van der Waals surface area contributed by atoms with Crippen molar-refractivity contribution < 1.29 is 0 Å². The van der Waals surface area contributed by atoms with E-state index in [0.29, 0.717) is 6.54 Å². The van der Waals surface area contributed by atoms with Crippen LogP contribution in [0.3, 0.4) is 0 Å². The van der Waals surface area contributed by atoms with E-state index in [4.69, 9.17) is 5.73 Å². The average molecular weight is 184 g/mol. The lowest BCUT2D eigenvalue weighted by molar-refractivity contribution is 1.05. The fourth-order valence-electron chi connectivity index (χ4n) is 1.39. The number of nitrogens with two attached hydrogens (primary N) is 1. The Morgan fingerprint density at radius 3 is 2.50 bits per heavy atom. The van der Waals surface area contributed by atoms with Crippen LogP contribution in [0.5, 0.6) is 0 Å². The van der Waals surface area contributed by atoms with Crippen molar-refractivity contribution in [3.05, 3.63) is 54.4 Å². The molecule has 0 unspecified atom stereocenters. The van der Waals surface area contributed by atoms with Crippen molar-refractivity contribution in [1.29, 1.82) is 0 Å². The first-order valence-corrected chi connectivity index (χ1v) is 4.59. The predicted molar refractivity (Wildman–Crippen MR) is 57.6 cm³/mol. The minimum atomic E-state index is 0.535. The molecule has 0 spiro atoms. The topological polar surface area (TPSA) is 38.9 Å². The van der Waals surface area contributed by atoms with Crippen LogP contribution in [0.25, 0.3) is 11.1 Å². The molecular weight excluding hydrogens is 172 g/mol. The number of benzene rings is 1. The average Bonchev–Trinajstić information content (AvgIpc) is 2.30. The molecule has 2 nitrogen and oxygen atoms in total. The summed E-state index contributed by atoms with van der Waals surface area (Å²) in [4.78, 5) is 4.15. The van der Waals surface area contributed by atoms with E-state index in [1.807, 2.05) is 24.4 Å².